The molecule has 2 rings (SSSR count). The summed E-state index contributed by atoms with van der Waals surface area (Å²) < 4.78 is 0. The van der Waals surface area contributed by atoms with Crippen LogP contribution in [0.15, 0.2) is 18.5 Å². The number of anilines is 1. The predicted octanol–water partition coefficient (Wildman–Crippen LogP) is 2.89. The molecule has 1 heterocycles. The van der Waals surface area contributed by atoms with E-state index in [2.05, 4.69) is 31.2 Å². The van der Waals surface area contributed by atoms with Crippen LogP contribution >= 0.6 is 0 Å². The van der Waals surface area contributed by atoms with Crippen LogP contribution < -0.4 is 17.0 Å². The van der Waals surface area contributed by atoms with Gasteiger partial charge in [-0.25, -0.2) is 0 Å². The minimum Gasteiger partial charge on any atom is -0.398 e. The van der Waals surface area contributed by atoms with Crippen molar-refractivity contribution in [3.8, 4) is 0 Å². The molecular formula is C17H30N4. The van der Waals surface area contributed by atoms with Gasteiger partial charge in [-0.3, -0.25) is 16.3 Å². The van der Waals surface area contributed by atoms with Crippen molar-refractivity contribution in [2.24, 2.45) is 23.1 Å². The summed E-state index contributed by atoms with van der Waals surface area (Å²) in [5, 5.41) is 0. The van der Waals surface area contributed by atoms with Crippen molar-refractivity contribution < 1.29 is 0 Å². The highest BCUT2D eigenvalue weighted by Gasteiger charge is 2.32. The van der Waals surface area contributed by atoms with Crippen molar-refractivity contribution in [2.45, 2.75) is 58.9 Å². The van der Waals surface area contributed by atoms with Crippen molar-refractivity contribution >= 4 is 5.69 Å². The summed E-state index contributed by atoms with van der Waals surface area (Å²) in [6.07, 6.45) is 9.55. The molecule has 1 fully saturated rings. The van der Waals surface area contributed by atoms with Gasteiger partial charge >= 0.3 is 0 Å². The van der Waals surface area contributed by atoms with Gasteiger partial charge in [-0.1, -0.05) is 20.8 Å². The van der Waals surface area contributed by atoms with Gasteiger partial charge in [-0.15, -0.1) is 0 Å². The number of nitrogen functional groups attached to an aromatic ring is 1. The summed E-state index contributed by atoms with van der Waals surface area (Å²) in [5.41, 5.74) is 11.4. The summed E-state index contributed by atoms with van der Waals surface area (Å²) in [5.74, 6) is 7.27. The Kier molecular flexibility index (Phi) is 5.22. The number of hydrogen-bond acceptors (Lipinski definition) is 4. The average Bonchev–Trinajstić information content (AvgIpc) is 2.46. The van der Waals surface area contributed by atoms with Crippen molar-refractivity contribution in [3.05, 3.63) is 24.0 Å². The normalized spacial score (nSPS) is 24.8. The van der Waals surface area contributed by atoms with Gasteiger partial charge in [0.05, 0.1) is 0 Å². The van der Waals surface area contributed by atoms with Crippen LogP contribution in [0.25, 0.3) is 0 Å². The monoisotopic (exact) mass is 290 g/mol. The lowest BCUT2D eigenvalue weighted by molar-refractivity contribution is 0.132. The molecule has 1 aromatic heterocycles. The first-order valence-electron chi connectivity index (χ1n) is 8.06. The van der Waals surface area contributed by atoms with E-state index in [1.807, 2.05) is 12.3 Å². The van der Waals surface area contributed by atoms with Crippen LogP contribution in [-0.2, 0) is 6.42 Å². The number of hydrogen-bond donors (Lipinski definition) is 3. The first-order chi connectivity index (χ1) is 9.91. The molecule has 4 heteroatoms. The smallest absolute Gasteiger partial charge is 0.0378 e. The Morgan fingerprint density at radius 2 is 1.95 bits per heavy atom. The molecular weight excluding hydrogens is 260 g/mol. The summed E-state index contributed by atoms with van der Waals surface area (Å²) in [6, 6.07) is 2.15. The maximum atomic E-state index is 6.02. The highest BCUT2D eigenvalue weighted by Crippen LogP contribution is 2.41. The van der Waals surface area contributed by atoms with Crippen LogP contribution in [0.5, 0.6) is 0 Å². The van der Waals surface area contributed by atoms with Gasteiger partial charge in [0, 0.05) is 24.1 Å². The van der Waals surface area contributed by atoms with Gasteiger partial charge in [0.25, 0.3) is 0 Å². The fourth-order valence-corrected chi connectivity index (χ4v) is 3.59. The van der Waals surface area contributed by atoms with Gasteiger partial charge in [0.15, 0.2) is 0 Å². The van der Waals surface area contributed by atoms with E-state index in [9.17, 15) is 0 Å². The molecule has 0 bridgehead atoms. The Hall–Kier alpha value is -1.13. The molecule has 1 aliphatic rings. The van der Waals surface area contributed by atoms with E-state index in [1.54, 1.807) is 6.20 Å². The Bertz CT molecular complexity index is 444. The Morgan fingerprint density at radius 1 is 1.29 bits per heavy atom. The highest BCUT2D eigenvalue weighted by molar-refractivity contribution is 5.44. The summed E-state index contributed by atoms with van der Waals surface area (Å²) in [7, 11) is 0. The van der Waals surface area contributed by atoms with Crippen LogP contribution in [0.4, 0.5) is 5.69 Å². The summed E-state index contributed by atoms with van der Waals surface area (Å²) >= 11 is 0. The van der Waals surface area contributed by atoms with E-state index >= 15 is 0 Å². The fourth-order valence-electron chi connectivity index (χ4n) is 3.59. The number of nitrogens with one attached hydrogen (secondary N) is 1. The number of aromatic nitrogens is 1. The van der Waals surface area contributed by atoms with Crippen molar-refractivity contribution in [3.63, 3.8) is 0 Å². The molecule has 1 saturated carbocycles. The number of hydrazine groups is 1. The molecule has 0 aliphatic heterocycles. The van der Waals surface area contributed by atoms with E-state index < -0.39 is 0 Å². The SMILES string of the molecule is CC(C)(C)C1CCC(C(Cc2cnccc2N)NN)CC1. The lowest BCUT2D eigenvalue weighted by atomic mass is 9.68. The third kappa shape index (κ3) is 4.17. The van der Waals surface area contributed by atoms with Crippen LogP contribution in [-0.4, -0.2) is 11.0 Å². The second kappa shape index (κ2) is 6.75. The van der Waals surface area contributed by atoms with E-state index in [-0.39, 0.29) is 6.04 Å². The Labute approximate surface area is 128 Å². The molecule has 0 saturated heterocycles. The number of nitrogens with two attached hydrogens (primary N) is 2. The summed E-state index contributed by atoms with van der Waals surface area (Å²) in [6.45, 7) is 7.06. The number of nitrogens with zero attached hydrogens (tertiary/aromatic N) is 1. The molecule has 0 spiro atoms. The lowest BCUT2D eigenvalue weighted by Gasteiger charge is -2.39. The van der Waals surface area contributed by atoms with Crippen molar-refractivity contribution in [1.29, 1.82) is 0 Å². The second-order valence-electron chi connectivity index (χ2n) is 7.53. The first kappa shape index (κ1) is 16.2. The van der Waals surface area contributed by atoms with Gasteiger partial charge in [-0.05, 0) is 61.0 Å². The van der Waals surface area contributed by atoms with E-state index in [0.717, 1.165) is 23.6 Å². The van der Waals surface area contributed by atoms with Crippen LogP contribution in [0.1, 0.15) is 52.0 Å². The minimum atomic E-state index is 0.289. The fraction of sp³-hybridized carbons (Fsp3) is 0.706. The molecule has 1 aliphatic carbocycles. The van der Waals surface area contributed by atoms with E-state index in [1.165, 1.54) is 25.7 Å². The molecule has 0 radical (unpaired) electrons. The third-order valence-electron chi connectivity index (χ3n) is 5.16. The number of pyridine rings is 1. The molecule has 1 aromatic rings. The maximum Gasteiger partial charge on any atom is 0.0378 e. The average molecular weight is 290 g/mol. The molecule has 0 aromatic carbocycles. The van der Waals surface area contributed by atoms with E-state index in [4.69, 9.17) is 11.6 Å². The van der Waals surface area contributed by atoms with Crippen LogP contribution in [0.3, 0.4) is 0 Å². The zero-order chi connectivity index (χ0) is 15.5. The van der Waals surface area contributed by atoms with Crippen molar-refractivity contribution in [2.75, 3.05) is 5.73 Å². The topological polar surface area (TPSA) is 77.0 Å². The van der Waals surface area contributed by atoms with Crippen LogP contribution in [0, 0.1) is 17.3 Å². The highest BCUT2D eigenvalue weighted by atomic mass is 15.2. The summed E-state index contributed by atoms with van der Waals surface area (Å²) in [4.78, 5) is 4.17. The quantitative estimate of drug-likeness (QED) is 0.588. The van der Waals surface area contributed by atoms with E-state index in [0.29, 0.717) is 11.3 Å². The molecule has 1 unspecified atom stereocenters. The van der Waals surface area contributed by atoms with Crippen molar-refractivity contribution in [1.82, 2.24) is 10.4 Å². The third-order valence-corrected chi connectivity index (χ3v) is 5.16. The zero-order valence-corrected chi connectivity index (χ0v) is 13.6. The maximum absolute atomic E-state index is 6.02. The van der Waals surface area contributed by atoms with Crippen LogP contribution in [0.2, 0.25) is 0 Å². The Balaban J connectivity index is 1.96. The Morgan fingerprint density at radius 3 is 2.48 bits per heavy atom. The molecule has 21 heavy (non-hydrogen) atoms. The van der Waals surface area contributed by atoms with Gasteiger partial charge in [0.1, 0.15) is 0 Å². The molecule has 4 nitrogen and oxygen atoms in total. The number of rotatable bonds is 4. The molecule has 0 amide bonds. The predicted molar refractivity (Wildman–Crippen MR) is 88.4 cm³/mol. The minimum absolute atomic E-state index is 0.289. The standard InChI is InChI=1S/C17H30N4/c1-17(2,3)14-6-4-12(5-7-14)16(21-19)10-13-11-20-9-8-15(13)18/h8-9,11-12,14,16,21H,4-7,10,19H2,1-3H3,(H2,18,20). The zero-order valence-electron chi connectivity index (χ0n) is 13.6. The molecule has 5 N–H and O–H groups in total. The van der Waals surface area contributed by atoms with Gasteiger partial charge in [-0.2, -0.15) is 0 Å². The lowest BCUT2D eigenvalue weighted by Crippen LogP contribution is -2.44. The van der Waals surface area contributed by atoms with Gasteiger partial charge < -0.3 is 5.73 Å². The molecule has 1 atom stereocenters. The largest absolute Gasteiger partial charge is 0.398 e. The van der Waals surface area contributed by atoms with Gasteiger partial charge in [0.2, 0.25) is 0 Å². The molecule has 118 valence electrons. The second-order valence-corrected chi connectivity index (χ2v) is 7.53. The first-order valence-corrected chi connectivity index (χ1v) is 8.06.